The van der Waals surface area contributed by atoms with Crippen LogP contribution in [0.3, 0.4) is 0 Å². The zero-order valence-electron chi connectivity index (χ0n) is 11.9. The standard InChI is InChI=1S/C16H15N5S/c1-2-10(1)8-18-15-20-21-9-14(19-16(21)22-15)11-3-4-13-12(7-11)5-6-17-13/h3-7,9-10,17H,1-2,8H2,(H,18,20). The number of H-pyrrole nitrogens is 1. The number of nitrogens with zero attached hydrogens (tertiary/aromatic N) is 3. The van der Waals surface area contributed by atoms with E-state index in [1.807, 2.05) is 16.9 Å². The van der Waals surface area contributed by atoms with Crippen LogP contribution >= 0.6 is 11.3 Å². The highest BCUT2D eigenvalue weighted by molar-refractivity contribution is 7.20. The highest BCUT2D eigenvalue weighted by atomic mass is 32.1. The molecule has 0 bridgehead atoms. The molecule has 0 amide bonds. The van der Waals surface area contributed by atoms with Crippen molar-refractivity contribution >= 4 is 32.3 Å². The van der Waals surface area contributed by atoms with Gasteiger partial charge in [-0.1, -0.05) is 17.4 Å². The van der Waals surface area contributed by atoms with Crippen molar-refractivity contribution in [1.82, 2.24) is 19.6 Å². The quantitative estimate of drug-likeness (QED) is 0.603. The summed E-state index contributed by atoms with van der Waals surface area (Å²) in [5.74, 6) is 0.847. The van der Waals surface area contributed by atoms with Gasteiger partial charge < -0.3 is 10.3 Å². The molecule has 0 saturated heterocycles. The molecule has 22 heavy (non-hydrogen) atoms. The number of benzene rings is 1. The fourth-order valence-electron chi connectivity index (χ4n) is 2.68. The summed E-state index contributed by atoms with van der Waals surface area (Å²) in [4.78, 5) is 8.85. The van der Waals surface area contributed by atoms with E-state index in [1.54, 1.807) is 11.3 Å². The number of hydrogen-bond acceptors (Lipinski definition) is 4. The summed E-state index contributed by atoms with van der Waals surface area (Å²) in [7, 11) is 0. The molecule has 2 N–H and O–H groups in total. The minimum absolute atomic E-state index is 0.847. The summed E-state index contributed by atoms with van der Waals surface area (Å²) >= 11 is 1.61. The SMILES string of the molecule is c1cc2cc(-c3cn4nc(NCC5CC5)sc4n3)ccc2[nH]1. The Balaban J connectivity index is 1.47. The molecule has 5 nitrogen and oxygen atoms in total. The molecule has 1 fully saturated rings. The lowest BCUT2D eigenvalue weighted by Crippen LogP contribution is -2.02. The fourth-order valence-corrected chi connectivity index (χ4v) is 3.47. The Morgan fingerprint density at radius 1 is 1.32 bits per heavy atom. The van der Waals surface area contributed by atoms with Gasteiger partial charge in [0.15, 0.2) is 0 Å². The van der Waals surface area contributed by atoms with Gasteiger partial charge in [-0.3, -0.25) is 0 Å². The van der Waals surface area contributed by atoms with Crippen molar-refractivity contribution in [2.45, 2.75) is 12.8 Å². The van der Waals surface area contributed by atoms with Crippen LogP contribution in [-0.4, -0.2) is 26.1 Å². The number of nitrogens with one attached hydrogen (secondary N) is 2. The van der Waals surface area contributed by atoms with E-state index in [0.29, 0.717) is 0 Å². The smallest absolute Gasteiger partial charge is 0.214 e. The van der Waals surface area contributed by atoms with Gasteiger partial charge in [0.2, 0.25) is 10.1 Å². The molecule has 6 heteroatoms. The molecule has 1 aromatic carbocycles. The van der Waals surface area contributed by atoms with E-state index in [-0.39, 0.29) is 0 Å². The Hall–Kier alpha value is -2.34. The topological polar surface area (TPSA) is 58.0 Å². The van der Waals surface area contributed by atoms with Gasteiger partial charge in [0.05, 0.1) is 11.9 Å². The average molecular weight is 309 g/mol. The van der Waals surface area contributed by atoms with Crippen LogP contribution in [0.25, 0.3) is 27.1 Å². The maximum Gasteiger partial charge on any atom is 0.214 e. The summed E-state index contributed by atoms with van der Waals surface area (Å²) in [5, 5.41) is 10.1. The van der Waals surface area contributed by atoms with Crippen molar-refractivity contribution in [1.29, 1.82) is 0 Å². The third kappa shape index (κ3) is 2.07. The van der Waals surface area contributed by atoms with Gasteiger partial charge in [-0.25, -0.2) is 9.50 Å². The summed E-state index contributed by atoms with van der Waals surface area (Å²) < 4.78 is 1.87. The van der Waals surface area contributed by atoms with E-state index in [4.69, 9.17) is 4.98 Å². The zero-order valence-corrected chi connectivity index (χ0v) is 12.7. The number of imidazole rings is 1. The summed E-state index contributed by atoms with van der Waals surface area (Å²) in [6, 6.07) is 8.42. The van der Waals surface area contributed by atoms with Gasteiger partial charge in [-0.15, -0.1) is 5.10 Å². The number of fused-ring (bicyclic) bond motifs is 2. The zero-order chi connectivity index (χ0) is 14.5. The third-order valence-electron chi connectivity index (χ3n) is 4.13. The van der Waals surface area contributed by atoms with Crippen molar-refractivity contribution < 1.29 is 0 Å². The first-order valence-electron chi connectivity index (χ1n) is 7.53. The first kappa shape index (κ1) is 12.2. The van der Waals surface area contributed by atoms with Crippen molar-refractivity contribution in [3.05, 3.63) is 36.7 Å². The van der Waals surface area contributed by atoms with Gasteiger partial charge >= 0.3 is 0 Å². The number of aromatic nitrogens is 4. The highest BCUT2D eigenvalue weighted by Gasteiger charge is 2.21. The number of hydrogen-bond donors (Lipinski definition) is 2. The van der Waals surface area contributed by atoms with Crippen molar-refractivity contribution in [2.24, 2.45) is 5.92 Å². The lowest BCUT2D eigenvalue weighted by molar-refractivity contribution is 0.874. The second-order valence-corrected chi connectivity index (χ2v) is 6.82. The molecule has 110 valence electrons. The molecule has 0 atom stereocenters. The average Bonchev–Trinajstić information content (AvgIpc) is 2.94. The minimum Gasteiger partial charge on any atom is -0.361 e. The first-order valence-corrected chi connectivity index (χ1v) is 8.34. The Morgan fingerprint density at radius 3 is 3.14 bits per heavy atom. The number of rotatable bonds is 4. The van der Waals surface area contributed by atoms with E-state index >= 15 is 0 Å². The van der Waals surface area contributed by atoms with Crippen molar-refractivity contribution in [3.63, 3.8) is 0 Å². The predicted octanol–water partition coefficient (Wildman–Crippen LogP) is 3.76. The highest BCUT2D eigenvalue weighted by Crippen LogP contribution is 2.30. The molecular formula is C16H15N5S. The second-order valence-electron chi connectivity index (χ2n) is 5.86. The molecule has 3 aromatic heterocycles. The molecule has 1 aliphatic rings. The maximum atomic E-state index is 4.71. The Bertz CT molecular complexity index is 928. The lowest BCUT2D eigenvalue weighted by atomic mass is 10.1. The van der Waals surface area contributed by atoms with Crippen LogP contribution in [-0.2, 0) is 0 Å². The molecular weight excluding hydrogens is 294 g/mol. The summed E-state index contributed by atoms with van der Waals surface area (Å²) in [5.41, 5.74) is 3.24. The third-order valence-corrected chi connectivity index (χ3v) is 5.01. The van der Waals surface area contributed by atoms with Crippen molar-refractivity contribution in [2.75, 3.05) is 11.9 Å². The largest absolute Gasteiger partial charge is 0.361 e. The van der Waals surface area contributed by atoms with Gasteiger partial charge in [0, 0.05) is 29.2 Å². The molecule has 4 aromatic rings. The van der Waals surface area contributed by atoms with Crippen LogP contribution in [0.5, 0.6) is 0 Å². The van der Waals surface area contributed by atoms with Crippen molar-refractivity contribution in [3.8, 4) is 11.3 Å². The molecule has 1 saturated carbocycles. The molecule has 3 heterocycles. The van der Waals surface area contributed by atoms with Crippen LogP contribution in [0.2, 0.25) is 0 Å². The lowest BCUT2D eigenvalue weighted by Gasteiger charge is -1.98. The molecule has 0 unspecified atom stereocenters. The summed E-state index contributed by atoms with van der Waals surface area (Å²) in [6.07, 6.45) is 6.66. The molecule has 5 rings (SSSR count). The van der Waals surface area contributed by atoms with Crippen LogP contribution in [0.4, 0.5) is 5.13 Å². The normalized spacial score (nSPS) is 14.9. The van der Waals surface area contributed by atoms with E-state index < -0.39 is 0 Å². The molecule has 0 radical (unpaired) electrons. The monoisotopic (exact) mass is 309 g/mol. The Kier molecular flexibility index (Phi) is 2.54. The van der Waals surface area contributed by atoms with E-state index in [0.717, 1.165) is 39.3 Å². The second kappa shape index (κ2) is 4.58. The molecule has 0 aliphatic heterocycles. The van der Waals surface area contributed by atoms with Crippen LogP contribution in [0.1, 0.15) is 12.8 Å². The van der Waals surface area contributed by atoms with Gasteiger partial charge in [0.25, 0.3) is 0 Å². The predicted molar refractivity (Wildman–Crippen MR) is 89.4 cm³/mol. The molecule has 1 aliphatic carbocycles. The fraction of sp³-hybridized carbons (Fsp3) is 0.250. The molecule has 0 spiro atoms. The minimum atomic E-state index is 0.847. The maximum absolute atomic E-state index is 4.71. The van der Waals surface area contributed by atoms with Gasteiger partial charge in [-0.2, -0.15) is 0 Å². The van der Waals surface area contributed by atoms with Gasteiger partial charge in [0.1, 0.15) is 0 Å². The Labute approximate surface area is 131 Å². The van der Waals surface area contributed by atoms with Crippen LogP contribution in [0, 0.1) is 5.92 Å². The first-order chi connectivity index (χ1) is 10.8. The Morgan fingerprint density at radius 2 is 2.27 bits per heavy atom. The van der Waals surface area contributed by atoms with E-state index in [1.165, 1.54) is 18.2 Å². The van der Waals surface area contributed by atoms with Crippen LogP contribution < -0.4 is 5.32 Å². The van der Waals surface area contributed by atoms with Crippen LogP contribution in [0.15, 0.2) is 36.7 Å². The van der Waals surface area contributed by atoms with E-state index in [9.17, 15) is 0 Å². The number of aromatic amines is 1. The number of anilines is 1. The summed E-state index contributed by atoms with van der Waals surface area (Å²) in [6.45, 7) is 1.04. The van der Waals surface area contributed by atoms with Gasteiger partial charge in [-0.05, 0) is 37.0 Å². The van der Waals surface area contributed by atoms with E-state index in [2.05, 4.69) is 39.7 Å².